The summed E-state index contributed by atoms with van der Waals surface area (Å²) in [6, 6.07) is 9.79. The van der Waals surface area contributed by atoms with E-state index in [2.05, 4.69) is 0 Å². The first-order chi connectivity index (χ1) is 22.0. The number of piperidine rings is 1. The number of rotatable bonds is 8. The first kappa shape index (κ1) is 31.9. The third-order valence-electron chi connectivity index (χ3n) is 9.47. The second-order valence-corrected chi connectivity index (χ2v) is 13.8. The molecule has 6 rings (SSSR count). The predicted octanol–water partition coefficient (Wildman–Crippen LogP) is 5.81. The van der Waals surface area contributed by atoms with Gasteiger partial charge in [0.1, 0.15) is 11.6 Å². The van der Waals surface area contributed by atoms with Crippen LogP contribution < -0.4 is 0 Å². The molecule has 10 heteroatoms. The highest BCUT2D eigenvalue weighted by Gasteiger charge is 2.53. The van der Waals surface area contributed by atoms with Crippen LogP contribution in [0.15, 0.2) is 36.4 Å². The van der Waals surface area contributed by atoms with Crippen molar-refractivity contribution in [2.75, 3.05) is 13.2 Å². The third kappa shape index (κ3) is 6.72. The molecule has 2 bridgehead atoms. The molecule has 3 fully saturated rings. The molecule has 1 amide bonds. The average molecular weight is 632 g/mol. The number of carbonyl (C=O) groups is 5. The van der Waals surface area contributed by atoms with Crippen molar-refractivity contribution in [1.82, 2.24) is 4.90 Å². The quantitative estimate of drug-likeness (QED) is 0.201. The van der Waals surface area contributed by atoms with Crippen LogP contribution >= 0.6 is 0 Å². The molecule has 0 spiro atoms. The Morgan fingerprint density at radius 2 is 1.35 bits per heavy atom. The van der Waals surface area contributed by atoms with Gasteiger partial charge in [0.15, 0.2) is 24.8 Å². The molecule has 3 atom stereocenters. The van der Waals surface area contributed by atoms with Crippen LogP contribution in [0.4, 0.5) is 4.79 Å². The van der Waals surface area contributed by atoms with Crippen molar-refractivity contribution in [3.05, 3.63) is 58.7 Å². The van der Waals surface area contributed by atoms with E-state index in [4.69, 9.17) is 18.9 Å². The Bertz CT molecular complexity index is 1550. The molecule has 2 aliphatic carbocycles. The van der Waals surface area contributed by atoms with Crippen molar-refractivity contribution >= 4 is 29.6 Å². The predicted molar refractivity (Wildman–Crippen MR) is 166 cm³/mol. The number of Topliss-reactive ketones (excluding diaryl/α,β-unsaturated/α-hetero) is 2. The minimum Gasteiger partial charge on any atom is -0.457 e. The fourth-order valence-electron chi connectivity index (χ4n) is 7.24. The summed E-state index contributed by atoms with van der Waals surface area (Å²) in [7, 11) is 0. The Morgan fingerprint density at radius 1 is 0.783 bits per heavy atom. The van der Waals surface area contributed by atoms with Crippen molar-refractivity contribution < 1.29 is 42.9 Å². The molecule has 4 aliphatic rings. The molecular formula is C36H41NO9. The van der Waals surface area contributed by atoms with E-state index in [-0.39, 0.29) is 55.2 Å². The van der Waals surface area contributed by atoms with Crippen LogP contribution in [0.2, 0.25) is 0 Å². The molecule has 10 nitrogen and oxygen atoms in total. The van der Waals surface area contributed by atoms with Crippen LogP contribution in [-0.4, -0.2) is 65.4 Å². The number of amides is 1. The molecule has 0 radical (unpaired) electrons. The molecule has 1 saturated heterocycles. The highest BCUT2D eigenvalue weighted by Crippen LogP contribution is 2.43. The molecule has 0 unspecified atom stereocenters. The highest BCUT2D eigenvalue weighted by atomic mass is 16.6. The van der Waals surface area contributed by atoms with E-state index >= 15 is 0 Å². The number of carbonyl (C=O) groups excluding carboxylic acids is 5. The molecule has 2 aromatic carbocycles. The van der Waals surface area contributed by atoms with Crippen molar-refractivity contribution in [1.29, 1.82) is 0 Å². The van der Waals surface area contributed by atoms with Gasteiger partial charge >= 0.3 is 18.0 Å². The van der Waals surface area contributed by atoms with Gasteiger partial charge in [-0.05, 0) is 93.2 Å². The molecule has 0 aromatic heterocycles. The van der Waals surface area contributed by atoms with Gasteiger partial charge in [0, 0.05) is 17.2 Å². The molecular weight excluding hydrogens is 590 g/mol. The van der Waals surface area contributed by atoms with Gasteiger partial charge in [-0.15, -0.1) is 0 Å². The minimum absolute atomic E-state index is 0.00687. The van der Waals surface area contributed by atoms with E-state index in [1.807, 2.05) is 12.1 Å². The Morgan fingerprint density at radius 3 is 1.91 bits per heavy atom. The summed E-state index contributed by atoms with van der Waals surface area (Å²) >= 11 is 0. The number of hydrogen-bond acceptors (Lipinski definition) is 9. The molecule has 2 heterocycles. The molecule has 2 aromatic rings. The number of esters is 2. The highest BCUT2D eigenvalue weighted by molar-refractivity contribution is 6.00. The summed E-state index contributed by atoms with van der Waals surface area (Å²) in [4.78, 5) is 65.8. The maximum absolute atomic E-state index is 13.2. The normalized spacial score (nSPS) is 22.1. The Kier molecular flexibility index (Phi) is 9.01. The van der Waals surface area contributed by atoms with Crippen LogP contribution in [0.5, 0.6) is 0 Å². The summed E-state index contributed by atoms with van der Waals surface area (Å²) in [5.74, 6) is -1.63. The lowest BCUT2D eigenvalue weighted by molar-refractivity contribution is -0.150. The summed E-state index contributed by atoms with van der Waals surface area (Å²) < 4.78 is 22.3. The maximum Gasteiger partial charge on any atom is 0.411 e. The fourth-order valence-corrected chi connectivity index (χ4v) is 7.24. The lowest BCUT2D eigenvalue weighted by Gasteiger charge is -2.35. The van der Waals surface area contributed by atoms with Gasteiger partial charge in [0.25, 0.3) is 0 Å². The summed E-state index contributed by atoms with van der Waals surface area (Å²) in [5.41, 5.74) is 3.51. The van der Waals surface area contributed by atoms with E-state index < -0.39 is 30.3 Å². The molecule has 244 valence electrons. The van der Waals surface area contributed by atoms with Gasteiger partial charge in [-0.25, -0.2) is 9.59 Å². The third-order valence-corrected chi connectivity index (χ3v) is 9.47. The summed E-state index contributed by atoms with van der Waals surface area (Å²) in [5, 5.41) is 0. The van der Waals surface area contributed by atoms with Gasteiger partial charge in [0.2, 0.25) is 0 Å². The number of hydrogen-bond donors (Lipinski definition) is 0. The van der Waals surface area contributed by atoms with Gasteiger partial charge in [-0.1, -0.05) is 37.1 Å². The number of likely N-dealkylation sites (tertiary alicyclic amines) is 1. The number of benzene rings is 2. The van der Waals surface area contributed by atoms with Gasteiger partial charge in [-0.3, -0.25) is 19.3 Å². The second-order valence-electron chi connectivity index (χ2n) is 13.8. The van der Waals surface area contributed by atoms with Crippen LogP contribution in [0.3, 0.4) is 0 Å². The molecule has 2 saturated carbocycles. The van der Waals surface area contributed by atoms with Crippen LogP contribution in [0.1, 0.15) is 97.6 Å². The first-order valence-electron chi connectivity index (χ1n) is 16.2. The zero-order chi connectivity index (χ0) is 32.6. The van der Waals surface area contributed by atoms with Crippen molar-refractivity contribution in [3.63, 3.8) is 0 Å². The van der Waals surface area contributed by atoms with Crippen molar-refractivity contribution in [3.8, 4) is 11.1 Å². The standard InChI is InChI=1S/C36H41NO9/c1-36(2,3)46-35(42)37-27-11-8-24(16-27)32(37)34(41)45-20-31(39)23-10-13-29-26(15-23)18-43-17-25-14-22(9-12-28(25)29)30(38)19-44-33(40)21-6-4-5-7-21/h9-10,12-15,21,24,27,32H,4-8,11,16-20H2,1-3H3/t24-,27+,32-/m0/s1. The van der Waals surface area contributed by atoms with Gasteiger partial charge < -0.3 is 18.9 Å². The number of ketones is 2. The average Bonchev–Trinajstić information content (AvgIpc) is 3.78. The van der Waals surface area contributed by atoms with Gasteiger partial charge in [0.05, 0.1) is 19.1 Å². The Labute approximate surface area is 268 Å². The SMILES string of the molecule is CC(C)(C)OC(=O)N1[C@@H]2CC[C@@H](C2)[C@H]1C(=O)OCC(=O)c1ccc2c(c1)COCc1cc(C(=O)COC(=O)C3CCCC3)ccc1-2. The largest absolute Gasteiger partial charge is 0.457 e. The Balaban J connectivity index is 1.09. The van der Waals surface area contributed by atoms with E-state index in [9.17, 15) is 24.0 Å². The smallest absolute Gasteiger partial charge is 0.411 e. The number of nitrogens with zero attached hydrogens (tertiary/aromatic N) is 1. The number of ether oxygens (including phenoxy) is 4. The molecule has 46 heavy (non-hydrogen) atoms. The topological polar surface area (TPSA) is 126 Å². The monoisotopic (exact) mass is 631 g/mol. The lowest BCUT2D eigenvalue weighted by Crippen LogP contribution is -2.51. The van der Waals surface area contributed by atoms with Crippen molar-refractivity contribution in [2.45, 2.75) is 96.6 Å². The molecule has 2 aliphatic heterocycles. The lowest BCUT2D eigenvalue weighted by atomic mass is 9.92. The summed E-state index contributed by atoms with van der Waals surface area (Å²) in [6.07, 6.45) is 5.50. The van der Waals surface area contributed by atoms with Gasteiger partial charge in [-0.2, -0.15) is 0 Å². The summed E-state index contributed by atoms with van der Waals surface area (Å²) in [6.45, 7) is 5.14. The van der Waals surface area contributed by atoms with E-state index in [1.54, 1.807) is 45.0 Å². The zero-order valence-corrected chi connectivity index (χ0v) is 26.7. The van der Waals surface area contributed by atoms with E-state index in [0.29, 0.717) is 11.1 Å². The number of fused-ring (bicyclic) bond motifs is 5. The van der Waals surface area contributed by atoms with E-state index in [0.717, 1.165) is 67.2 Å². The molecule has 0 N–H and O–H groups in total. The second kappa shape index (κ2) is 13.0. The zero-order valence-electron chi connectivity index (χ0n) is 26.7. The first-order valence-corrected chi connectivity index (χ1v) is 16.2. The Hall–Kier alpha value is -4.05. The van der Waals surface area contributed by atoms with Crippen LogP contribution in [0.25, 0.3) is 11.1 Å². The minimum atomic E-state index is -0.755. The van der Waals surface area contributed by atoms with E-state index in [1.165, 1.54) is 4.90 Å². The van der Waals surface area contributed by atoms with Crippen LogP contribution in [-0.2, 0) is 41.8 Å². The maximum atomic E-state index is 13.2. The fraction of sp³-hybridized carbons (Fsp3) is 0.528. The van der Waals surface area contributed by atoms with Crippen LogP contribution in [0, 0.1) is 11.8 Å². The van der Waals surface area contributed by atoms with Crippen molar-refractivity contribution in [2.24, 2.45) is 11.8 Å².